The van der Waals surface area contributed by atoms with Gasteiger partial charge in [0.15, 0.2) is 5.84 Å². The quantitative estimate of drug-likeness (QED) is 0.384. The summed E-state index contributed by atoms with van der Waals surface area (Å²) in [6.07, 6.45) is 1.61. The number of aromatic nitrogens is 1. The number of ether oxygens (including phenoxy) is 1. The zero-order valence-electron chi connectivity index (χ0n) is 11.3. The third kappa shape index (κ3) is 2.80. The first-order chi connectivity index (χ1) is 9.65. The first-order valence-corrected chi connectivity index (χ1v) is 5.97. The highest BCUT2D eigenvalue weighted by Crippen LogP contribution is 2.25. The van der Waals surface area contributed by atoms with Gasteiger partial charge in [-0.05, 0) is 24.3 Å². The lowest BCUT2D eigenvalue weighted by atomic mass is 10.2. The van der Waals surface area contributed by atoms with Crippen LogP contribution in [0.4, 0.5) is 11.5 Å². The van der Waals surface area contributed by atoms with E-state index in [1.807, 2.05) is 36.2 Å². The van der Waals surface area contributed by atoms with Crippen LogP contribution in [0.2, 0.25) is 0 Å². The number of methoxy groups -OCH3 is 1. The molecule has 0 aliphatic heterocycles. The largest absolute Gasteiger partial charge is 0.497 e. The van der Waals surface area contributed by atoms with E-state index in [-0.39, 0.29) is 5.84 Å². The van der Waals surface area contributed by atoms with E-state index in [0.717, 1.165) is 11.4 Å². The highest BCUT2D eigenvalue weighted by molar-refractivity contribution is 5.97. The van der Waals surface area contributed by atoms with Crippen LogP contribution in [-0.4, -0.2) is 30.2 Å². The van der Waals surface area contributed by atoms with E-state index in [1.165, 1.54) is 0 Å². The molecule has 2 rings (SSSR count). The zero-order valence-corrected chi connectivity index (χ0v) is 11.3. The number of oxime groups is 1. The van der Waals surface area contributed by atoms with E-state index in [1.54, 1.807) is 25.4 Å². The summed E-state index contributed by atoms with van der Waals surface area (Å²) in [7, 11) is 3.50. The summed E-state index contributed by atoms with van der Waals surface area (Å²) >= 11 is 0. The summed E-state index contributed by atoms with van der Waals surface area (Å²) in [6, 6.07) is 11.0. The maximum Gasteiger partial charge on any atom is 0.170 e. The summed E-state index contributed by atoms with van der Waals surface area (Å²) < 4.78 is 5.20. The molecule has 0 radical (unpaired) electrons. The minimum Gasteiger partial charge on any atom is -0.497 e. The second kappa shape index (κ2) is 5.92. The topological polar surface area (TPSA) is 84.0 Å². The molecule has 0 aliphatic rings. The van der Waals surface area contributed by atoms with Crippen LogP contribution in [0, 0.1) is 0 Å². The second-order valence-corrected chi connectivity index (χ2v) is 4.15. The van der Waals surface area contributed by atoms with Crippen molar-refractivity contribution in [3.8, 4) is 5.75 Å². The van der Waals surface area contributed by atoms with Gasteiger partial charge in [-0.1, -0.05) is 11.2 Å². The fourth-order valence-electron chi connectivity index (χ4n) is 1.77. The summed E-state index contributed by atoms with van der Waals surface area (Å²) in [6.45, 7) is 0. The molecule has 0 unspecified atom stereocenters. The van der Waals surface area contributed by atoms with E-state index >= 15 is 0 Å². The number of anilines is 2. The van der Waals surface area contributed by atoms with Crippen molar-refractivity contribution in [2.45, 2.75) is 0 Å². The van der Waals surface area contributed by atoms with E-state index in [9.17, 15) is 0 Å². The van der Waals surface area contributed by atoms with Crippen molar-refractivity contribution in [2.75, 3.05) is 19.1 Å². The lowest BCUT2D eigenvalue weighted by Crippen LogP contribution is -2.16. The number of benzene rings is 1. The Labute approximate surface area is 117 Å². The Hall–Kier alpha value is -2.76. The number of amidine groups is 1. The minimum absolute atomic E-state index is 0.0488. The van der Waals surface area contributed by atoms with Gasteiger partial charge in [-0.15, -0.1) is 0 Å². The number of nitrogens with two attached hydrogens (primary N) is 1. The van der Waals surface area contributed by atoms with Gasteiger partial charge in [0.05, 0.1) is 7.11 Å². The van der Waals surface area contributed by atoms with Crippen molar-refractivity contribution in [3.05, 3.63) is 48.2 Å². The van der Waals surface area contributed by atoms with Gasteiger partial charge in [0.25, 0.3) is 0 Å². The van der Waals surface area contributed by atoms with Gasteiger partial charge in [-0.25, -0.2) is 4.98 Å². The molecule has 0 fully saturated rings. The van der Waals surface area contributed by atoms with E-state index in [2.05, 4.69) is 10.1 Å². The highest BCUT2D eigenvalue weighted by atomic mass is 16.5. The number of pyridine rings is 1. The normalized spacial score (nSPS) is 11.2. The molecule has 0 spiro atoms. The minimum atomic E-state index is 0.0488. The monoisotopic (exact) mass is 272 g/mol. The SMILES string of the molecule is COc1cccc(N(C)c2cc(C(N)=NO)ccn2)c1. The summed E-state index contributed by atoms with van der Waals surface area (Å²) in [5.41, 5.74) is 7.11. The second-order valence-electron chi connectivity index (χ2n) is 4.15. The molecule has 0 bridgehead atoms. The van der Waals surface area contributed by atoms with Crippen molar-refractivity contribution in [1.82, 2.24) is 4.98 Å². The lowest BCUT2D eigenvalue weighted by Gasteiger charge is -2.19. The third-order valence-corrected chi connectivity index (χ3v) is 2.93. The van der Waals surface area contributed by atoms with Crippen LogP contribution in [0.25, 0.3) is 0 Å². The van der Waals surface area contributed by atoms with Crippen LogP contribution in [0.3, 0.4) is 0 Å². The summed E-state index contributed by atoms with van der Waals surface area (Å²) in [4.78, 5) is 6.17. The smallest absolute Gasteiger partial charge is 0.170 e. The third-order valence-electron chi connectivity index (χ3n) is 2.93. The first-order valence-electron chi connectivity index (χ1n) is 5.97. The van der Waals surface area contributed by atoms with E-state index in [0.29, 0.717) is 11.4 Å². The lowest BCUT2D eigenvalue weighted by molar-refractivity contribution is 0.318. The molecule has 1 aromatic carbocycles. The Morgan fingerprint density at radius 1 is 1.35 bits per heavy atom. The van der Waals surface area contributed by atoms with Gasteiger partial charge in [0.2, 0.25) is 0 Å². The fraction of sp³-hybridized carbons (Fsp3) is 0.143. The summed E-state index contributed by atoms with van der Waals surface area (Å²) in [5, 5.41) is 11.7. The molecule has 0 amide bonds. The molecule has 3 N–H and O–H groups in total. The van der Waals surface area contributed by atoms with Crippen molar-refractivity contribution < 1.29 is 9.94 Å². The van der Waals surface area contributed by atoms with Crippen molar-refractivity contribution >= 4 is 17.3 Å². The van der Waals surface area contributed by atoms with Crippen molar-refractivity contribution in [3.63, 3.8) is 0 Å². The van der Waals surface area contributed by atoms with Gasteiger partial charge < -0.3 is 20.6 Å². The Morgan fingerprint density at radius 3 is 2.85 bits per heavy atom. The number of hydrogen-bond donors (Lipinski definition) is 2. The number of nitrogens with zero attached hydrogens (tertiary/aromatic N) is 3. The van der Waals surface area contributed by atoms with Crippen LogP contribution < -0.4 is 15.4 Å². The summed E-state index contributed by atoms with van der Waals surface area (Å²) in [5.74, 6) is 1.50. The van der Waals surface area contributed by atoms with Gasteiger partial charge in [-0.2, -0.15) is 0 Å². The molecular weight excluding hydrogens is 256 g/mol. The van der Waals surface area contributed by atoms with Gasteiger partial charge in [-0.3, -0.25) is 0 Å². The van der Waals surface area contributed by atoms with Crippen LogP contribution in [0.5, 0.6) is 5.75 Å². The molecule has 2 aromatic rings. The number of rotatable bonds is 4. The zero-order chi connectivity index (χ0) is 14.5. The Balaban J connectivity index is 2.35. The molecule has 0 aliphatic carbocycles. The fourth-order valence-corrected chi connectivity index (χ4v) is 1.77. The Morgan fingerprint density at radius 2 is 2.15 bits per heavy atom. The molecule has 0 saturated heterocycles. The average molecular weight is 272 g/mol. The van der Waals surface area contributed by atoms with E-state index < -0.39 is 0 Å². The van der Waals surface area contributed by atoms with Crippen LogP contribution in [0.15, 0.2) is 47.8 Å². The van der Waals surface area contributed by atoms with Gasteiger partial charge >= 0.3 is 0 Å². The average Bonchev–Trinajstić information content (AvgIpc) is 2.53. The molecule has 0 saturated carbocycles. The van der Waals surface area contributed by atoms with Gasteiger partial charge in [0, 0.05) is 30.6 Å². The van der Waals surface area contributed by atoms with Crippen molar-refractivity contribution in [1.29, 1.82) is 0 Å². The molecule has 1 heterocycles. The molecule has 1 aromatic heterocycles. The van der Waals surface area contributed by atoms with Crippen LogP contribution in [0.1, 0.15) is 5.56 Å². The Kier molecular flexibility index (Phi) is 4.05. The molecule has 104 valence electrons. The van der Waals surface area contributed by atoms with Crippen LogP contribution >= 0.6 is 0 Å². The molecular formula is C14H16N4O2. The molecule has 0 atom stereocenters. The predicted octanol–water partition coefficient (Wildman–Crippen LogP) is 1.95. The maximum atomic E-state index is 8.72. The maximum absolute atomic E-state index is 8.72. The highest BCUT2D eigenvalue weighted by Gasteiger charge is 2.08. The number of hydrogen-bond acceptors (Lipinski definition) is 5. The molecule has 6 heteroatoms. The van der Waals surface area contributed by atoms with Crippen LogP contribution in [-0.2, 0) is 0 Å². The van der Waals surface area contributed by atoms with E-state index in [4.69, 9.17) is 15.7 Å². The van der Waals surface area contributed by atoms with Crippen molar-refractivity contribution in [2.24, 2.45) is 10.9 Å². The first kappa shape index (κ1) is 13.7. The van der Waals surface area contributed by atoms with Gasteiger partial charge in [0.1, 0.15) is 11.6 Å². The molecule has 6 nitrogen and oxygen atoms in total. The predicted molar refractivity (Wildman–Crippen MR) is 77.8 cm³/mol. The molecule has 20 heavy (non-hydrogen) atoms. The standard InChI is InChI=1S/C14H16N4O2/c1-18(11-4-3-5-12(9-11)20-2)13-8-10(6-7-16-13)14(15)17-19/h3-9,19H,1-2H3,(H2,15,17). The Bertz CT molecular complexity index is 628.